The van der Waals surface area contributed by atoms with Crippen LogP contribution in [0, 0.1) is 0 Å². The molecule has 0 aliphatic carbocycles. The minimum atomic E-state index is -1.62. The average Bonchev–Trinajstić information content (AvgIpc) is 3.09. The van der Waals surface area contributed by atoms with Crippen molar-refractivity contribution in [3.05, 3.63) is 54.4 Å². The van der Waals surface area contributed by atoms with E-state index in [4.69, 9.17) is 4.52 Å². The van der Waals surface area contributed by atoms with E-state index in [0.717, 1.165) is 11.1 Å². The van der Waals surface area contributed by atoms with Gasteiger partial charge >= 0.3 is 0 Å². The fraction of sp³-hybridized carbons (Fsp3) is 0.214. The topological polar surface area (TPSA) is 56.7 Å². The number of aromatic nitrogens is 4. The summed E-state index contributed by atoms with van der Waals surface area (Å²) in [6.07, 6.45) is 3.11. The Labute approximate surface area is 123 Å². The molecule has 0 bridgehead atoms. The van der Waals surface area contributed by atoms with Gasteiger partial charge in [0.15, 0.2) is 11.7 Å². The standard InChI is InChI=1S/C14H14FN4OP/c1-14(15,21)13-11(10-5-3-2-4-6-10)7-19(18-13)8-12-16-9-17-20-12/h2-7,9H,8,21H2,1H3. The van der Waals surface area contributed by atoms with Gasteiger partial charge in [-0.05, 0) is 12.5 Å². The summed E-state index contributed by atoms with van der Waals surface area (Å²) < 4.78 is 21.0. The summed E-state index contributed by atoms with van der Waals surface area (Å²) in [5.74, 6) is 0.424. The summed E-state index contributed by atoms with van der Waals surface area (Å²) >= 11 is 0. The lowest BCUT2D eigenvalue weighted by Crippen LogP contribution is -2.09. The zero-order valence-corrected chi connectivity index (χ0v) is 12.6. The van der Waals surface area contributed by atoms with Crippen molar-refractivity contribution in [1.82, 2.24) is 19.9 Å². The van der Waals surface area contributed by atoms with Gasteiger partial charge < -0.3 is 4.52 Å². The molecule has 2 aromatic heterocycles. The fourth-order valence-corrected chi connectivity index (χ4v) is 2.31. The van der Waals surface area contributed by atoms with Crippen molar-refractivity contribution in [3.8, 4) is 11.1 Å². The molecule has 108 valence electrons. The molecule has 5 nitrogen and oxygen atoms in total. The van der Waals surface area contributed by atoms with E-state index in [1.54, 1.807) is 10.9 Å². The molecule has 0 amide bonds. The van der Waals surface area contributed by atoms with E-state index in [1.807, 2.05) is 30.3 Å². The van der Waals surface area contributed by atoms with Crippen LogP contribution in [0.3, 0.4) is 0 Å². The molecule has 0 saturated carbocycles. The van der Waals surface area contributed by atoms with Crippen molar-refractivity contribution in [3.63, 3.8) is 0 Å². The van der Waals surface area contributed by atoms with Gasteiger partial charge in [-0.2, -0.15) is 10.1 Å². The molecule has 7 heteroatoms. The second kappa shape index (κ2) is 5.37. The first-order valence-electron chi connectivity index (χ1n) is 6.41. The molecule has 0 radical (unpaired) electrons. The normalized spacial score (nSPS) is 14.0. The van der Waals surface area contributed by atoms with Crippen LogP contribution >= 0.6 is 9.24 Å². The summed E-state index contributed by atoms with van der Waals surface area (Å²) in [4.78, 5) is 3.95. The van der Waals surface area contributed by atoms with Gasteiger partial charge in [-0.15, -0.1) is 0 Å². The van der Waals surface area contributed by atoms with E-state index in [-0.39, 0.29) is 0 Å². The summed E-state index contributed by atoms with van der Waals surface area (Å²) in [7, 11) is 2.18. The highest BCUT2D eigenvalue weighted by Crippen LogP contribution is 2.38. The predicted molar refractivity (Wildman–Crippen MR) is 79.2 cm³/mol. The Morgan fingerprint density at radius 1 is 1.33 bits per heavy atom. The number of alkyl halides is 1. The number of hydrogen-bond acceptors (Lipinski definition) is 4. The van der Waals surface area contributed by atoms with Gasteiger partial charge in [-0.3, -0.25) is 4.68 Å². The van der Waals surface area contributed by atoms with Crippen molar-refractivity contribution in [2.24, 2.45) is 0 Å². The molecule has 21 heavy (non-hydrogen) atoms. The van der Waals surface area contributed by atoms with E-state index >= 15 is 0 Å². The fourth-order valence-electron chi connectivity index (χ4n) is 2.10. The first kappa shape index (κ1) is 13.9. The molecule has 3 rings (SSSR count). The minimum Gasteiger partial charge on any atom is -0.338 e. The first-order chi connectivity index (χ1) is 10.0. The molecule has 2 heterocycles. The Balaban J connectivity index is 2.03. The minimum absolute atomic E-state index is 0.306. The lowest BCUT2D eigenvalue weighted by molar-refractivity contribution is 0.311. The van der Waals surface area contributed by atoms with Crippen LogP contribution in [-0.2, 0) is 12.0 Å². The highest BCUT2D eigenvalue weighted by molar-refractivity contribution is 7.18. The van der Waals surface area contributed by atoms with Gasteiger partial charge in [-0.25, -0.2) is 4.39 Å². The molecular formula is C14H14FN4OP. The summed E-state index contributed by atoms with van der Waals surface area (Å²) in [5.41, 5.74) is 2.02. The molecule has 3 aromatic rings. The van der Waals surface area contributed by atoms with Crippen molar-refractivity contribution in [2.45, 2.75) is 18.9 Å². The Morgan fingerprint density at radius 2 is 2.10 bits per heavy atom. The molecule has 1 aromatic carbocycles. The predicted octanol–water partition coefficient (Wildman–Crippen LogP) is 3.00. The molecule has 0 N–H and O–H groups in total. The number of halogens is 1. The summed E-state index contributed by atoms with van der Waals surface area (Å²) in [6.45, 7) is 1.77. The third-order valence-electron chi connectivity index (χ3n) is 3.01. The lowest BCUT2D eigenvalue weighted by atomic mass is 10.0. The van der Waals surface area contributed by atoms with Crippen LogP contribution in [0.4, 0.5) is 4.39 Å². The number of nitrogens with zero attached hydrogens (tertiary/aromatic N) is 4. The van der Waals surface area contributed by atoms with Crippen LogP contribution in [0.2, 0.25) is 0 Å². The maximum absolute atomic E-state index is 14.4. The lowest BCUT2D eigenvalue weighted by Gasteiger charge is -2.13. The average molecular weight is 304 g/mol. The molecule has 2 unspecified atom stereocenters. The summed E-state index contributed by atoms with van der Waals surface area (Å²) in [5, 5.41) is 6.26. The number of benzene rings is 1. The van der Waals surface area contributed by atoms with E-state index in [1.165, 1.54) is 13.3 Å². The van der Waals surface area contributed by atoms with E-state index < -0.39 is 5.41 Å². The van der Waals surface area contributed by atoms with Gasteiger partial charge in [0.1, 0.15) is 12.2 Å². The van der Waals surface area contributed by atoms with E-state index in [0.29, 0.717) is 18.1 Å². The monoisotopic (exact) mass is 304 g/mol. The molecule has 0 fully saturated rings. The Hall–Kier alpha value is -2.07. The van der Waals surface area contributed by atoms with Gasteiger partial charge in [0.05, 0.1) is 0 Å². The van der Waals surface area contributed by atoms with Gasteiger partial charge in [0.2, 0.25) is 5.89 Å². The second-order valence-corrected chi connectivity index (χ2v) is 5.95. The van der Waals surface area contributed by atoms with Crippen LogP contribution in [0.1, 0.15) is 18.5 Å². The van der Waals surface area contributed by atoms with E-state index in [9.17, 15) is 4.39 Å². The number of rotatable bonds is 4. The quantitative estimate of drug-likeness (QED) is 0.695. The van der Waals surface area contributed by atoms with Crippen LogP contribution in [0.5, 0.6) is 0 Å². The third-order valence-corrected chi connectivity index (χ3v) is 3.29. The van der Waals surface area contributed by atoms with Crippen LogP contribution in [-0.4, -0.2) is 19.9 Å². The highest BCUT2D eigenvalue weighted by Gasteiger charge is 2.27. The Morgan fingerprint density at radius 3 is 2.71 bits per heavy atom. The SMILES string of the molecule is CC(F)(P)c1nn(Cc2ncno2)cc1-c1ccccc1. The van der Waals surface area contributed by atoms with Crippen LogP contribution in [0.15, 0.2) is 47.4 Å². The zero-order valence-electron chi connectivity index (χ0n) is 11.4. The second-order valence-electron chi connectivity index (χ2n) is 4.87. The Bertz CT molecular complexity index is 719. The van der Waals surface area contributed by atoms with Crippen LogP contribution in [0.25, 0.3) is 11.1 Å². The smallest absolute Gasteiger partial charge is 0.248 e. The molecule has 0 spiro atoms. The maximum atomic E-state index is 14.4. The number of hydrogen-bond donors (Lipinski definition) is 0. The third kappa shape index (κ3) is 3.00. The summed E-state index contributed by atoms with van der Waals surface area (Å²) in [6, 6.07) is 9.59. The van der Waals surface area contributed by atoms with Crippen molar-refractivity contribution in [1.29, 1.82) is 0 Å². The van der Waals surface area contributed by atoms with Crippen LogP contribution < -0.4 is 0 Å². The zero-order chi connectivity index (χ0) is 14.9. The highest BCUT2D eigenvalue weighted by atomic mass is 31.0. The van der Waals surface area contributed by atoms with Gasteiger partial charge in [0, 0.05) is 11.8 Å². The molecule has 0 aliphatic rings. The molecule has 0 aliphatic heterocycles. The van der Waals surface area contributed by atoms with Gasteiger partial charge in [0.25, 0.3) is 0 Å². The molecule has 2 atom stereocenters. The first-order valence-corrected chi connectivity index (χ1v) is 6.98. The largest absolute Gasteiger partial charge is 0.338 e. The van der Waals surface area contributed by atoms with Crippen molar-refractivity contribution >= 4 is 9.24 Å². The van der Waals surface area contributed by atoms with Crippen molar-refractivity contribution < 1.29 is 8.91 Å². The maximum Gasteiger partial charge on any atom is 0.248 e. The Kier molecular flexibility index (Phi) is 3.55. The molecule has 0 saturated heterocycles. The van der Waals surface area contributed by atoms with Gasteiger partial charge in [-0.1, -0.05) is 44.7 Å². The van der Waals surface area contributed by atoms with Crippen molar-refractivity contribution in [2.75, 3.05) is 0 Å². The van der Waals surface area contributed by atoms with E-state index in [2.05, 4.69) is 24.5 Å². The molecular weight excluding hydrogens is 290 g/mol.